The van der Waals surface area contributed by atoms with Crippen LogP contribution in [-0.2, 0) is 6.37 Å². The fourth-order valence-electron chi connectivity index (χ4n) is 9.27. The molecule has 0 unspecified atom stereocenters. The average molecular weight is 784 g/mol. The zero-order valence-electron chi connectivity index (χ0n) is 35.3. The van der Waals surface area contributed by atoms with Crippen LogP contribution >= 0.6 is 0 Å². The summed E-state index contributed by atoms with van der Waals surface area (Å²) in [4.78, 5) is 14.3. The molecule has 0 atom stereocenters. The number of H-pyrrole nitrogens is 1. The van der Waals surface area contributed by atoms with E-state index in [1.54, 1.807) is 0 Å². The van der Waals surface area contributed by atoms with Crippen LogP contribution in [0.25, 0.3) is 99.8 Å². The van der Waals surface area contributed by atoms with Crippen molar-refractivity contribution in [2.45, 2.75) is 13.3 Å². The molecule has 5 nitrogen and oxygen atoms in total. The Labute approximate surface area is 355 Å². The Morgan fingerprint density at radius 2 is 1.26 bits per heavy atom. The number of pyridine rings is 1. The van der Waals surface area contributed by atoms with Gasteiger partial charge in [0.15, 0.2) is 0 Å². The number of aromatic amines is 1. The van der Waals surface area contributed by atoms with Crippen LogP contribution in [-0.4, -0.2) is 24.1 Å². The number of aromatic nitrogens is 5. The van der Waals surface area contributed by atoms with Crippen molar-refractivity contribution in [3.05, 3.63) is 217 Å². The lowest BCUT2D eigenvalue weighted by Gasteiger charge is -2.12. The summed E-state index contributed by atoms with van der Waals surface area (Å²) >= 11 is 0. The maximum atomic E-state index is 9.36. The fourth-order valence-corrected chi connectivity index (χ4v) is 9.27. The molecule has 0 amide bonds. The second-order valence-corrected chi connectivity index (χ2v) is 15.7. The number of para-hydroxylation sites is 4. The minimum atomic E-state index is -1.71. The van der Waals surface area contributed by atoms with Crippen molar-refractivity contribution in [3.8, 4) is 45.1 Å². The van der Waals surface area contributed by atoms with E-state index >= 15 is 0 Å². The highest BCUT2D eigenvalue weighted by molar-refractivity contribution is 6.13. The molecule has 61 heavy (non-hydrogen) atoms. The highest BCUT2D eigenvalue weighted by Crippen LogP contribution is 2.41. The number of benzene rings is 8. The van der Waals surface area contributed by atoms with Gasteiger partial charge >= 0.3 is 0 Å². The Kier molecular flexibility index (Phi) is 7.59. The van der Waals surface area contributed by atoms with E-state index in [-0.39, 0.29) is 0 Å². The van der Waals surface area contributed by atoms with Crippen molar-refractivity contribution in [2.75, 3.05) is 0 Å². The monoisotopic (exact) mass is 783 g/mol. The number of rotatable bonds is 7. The summed E-state index contributed by atoms with van der Waals surface area (Å²) in [5.41, 5.74) is 14.5. The summed E-state index contributed by atoms with van der Waals surface area (Å²) in [6, 6.07) is 66.5. The quantitative estimate of drug-likeness (QED) is 0.175. The molecule has 0 aliphatic heterocycles. The van der Waals surface area contributed by atoms with Crippen molar-refractivity contribution in [2.24, 2.45) is 0 Å². The number of nitrogens with one attached hydrogen (secondary N) is 1. The summed E-state index contributed by atoms with van der Waals surface area (Å²) < 4.78 is 23.2. The third-order valence-corrected chi connectivity index (χ3v) is 12.0. The van der Waals surface area contributed by atoms with Gasteiger partial charge in [-0.05, 0) is 101 Å². The maximum Gasteiger partial charge on any atom is 0.147 e. The minimum absolute atomic E-state index is 0.613. The molecule has 8 aromatic carbocycles. The van der Waals surface area contributed by atoms with Crippen LogP contribution in [0.2, 0.25) is 0 Å². The first-order valence-electron chi connectivity index (χ1n) is 21.7. The molecule has 0 saturated heterocycles. The second-order valence-electron chi connectivity index (χ2n) is 15.7. The topological polar surface area (TPSA) is 51.4 Å². The van der Waals surface area contributed by atoms with Crippen molar-refractivity contribution < 1.29 is 2.74 Å². The lowest BCUT2D eigenvalue weighted by Crippen LogP contribution is -1.99. The Hall–Kier alpha value is -8.02. The van der Waals surface area contributed by atoms with Gasteiger partial charge in [0, 0.05) is 52.8 Å². The Morgan fingerprint density at radius 3 is 2.11 bits per heavy atom. The Balaban J connectivity index is 1.11. The molecule has 0 fully saturated rings. The van der Waals surface area contributed by atoms with Gasteiger partial charge in [0.1, 0.15) is 11.6 Å². The van der Waals surface area contributed by atoms with E-state index in [0.717, 1.165) is 100.0 Å². The van der Waals surface area contributed by atoms with Crippen LogP contribution < -0.4 is 0 Å². The van der Waals surface area contributed by atoms with Crippen LogP contribution in [0.1, 0.15) is 19.4 Å². The molecule has 0 aliphatic carbocycles. The summed E-state index contributed by atoms with van der Waals surface area (Å²) in [7, 11) is 0. The molecule has 4 aromatic heterocycles. The normalized spacial score (nSPS) is 12.5. The van der Waals surface area contributed by atoms with Crippen molar-refractivity contribution in [1.29, 1.82) is 0 Å². The predicted octanol–water partition coefficient (Wildman–Crippen LogP) is 14.1. The van der Waals surface area contributed by atoms with Crippen LogP contribution in [0.4, 0.5) is 0 Å². The maximum absolute atomic E-state index is 9.36. The van der Waals surface area contributed by atoms with Gasteiger partial charge < -0.3 is 4.98 Å². The third-order valence-electron chi connectivity index (χ3n) is 12.0. The van der Waals surface area contributed by atoms with E-state index in [1.807, 2.05) is 60.8 Å². The molecule has 288 valence electrons. The summed E-state index contributed by atoms with van der Waals surface area (Å²) in [6.45, 7) is 2.08. The first-order chi connectivity index (χ1) is 30.9. The molecule has 1 N–H and O–H groups in total. The highest BCUT2D eigenvalue weighted by atomic mass is 15.1. The number of nitrogens with zero attached hydrogens (tertiary/aromatic N) is 4. The van der Waals surface area contributed by atoms with Gasteiger partial charge in [-0.15, -0.1) is 0 Å². The van der Waals surface area contributed by atoms with Gasteiger partial charge in [0.05, 0.1) is 27.6 Å². The van der Waals surface area contributed by atoms with Gasteiger partial charge in [0.2, 0.25) is 0 Å². The first kappa shape index (κ1) is 32.9. The zero-order valence-corrected chi connectivity index (χ0v) is 33.3. The number of hydrogen-bond donors (Lipinski definition) is 1. The molecular weight excluding hydrogens is 743 g/mol. The SMILES string of the molecule is [2H]C([2H])(c1ccccc1)c1cc(C)c2c(c1)c1ccc(-c3cccc4c3nc(-c3cccc5c3[nH]c3ccccc35)n4-c3ccccc3)cc1n2-c1cc(-c2ccccc2)ccn1. The van der Waals surface area contributed by atoms with Crippen LogP contribution in [0.15, 0.2) is 200 Å². The molecule has 0 aliphatic rings. The summed E-state index contributed by atoms with van der Waals surface area (Å²) in [6.07, 6.45) is 0.172. The predicted molar refractivity (Wildman–Crippen MR) is 253 cm³/mol. The molecule has 0 spiro atoms. The van der Waals surface area contributed by atoms with E-state index in [2.05, 4.69) is 161 Å². The van der Waals surface area contributed by atoms with E-state index in [4.69, 9.17) is 9.97 Å². The Bertz CT molecular complexity index is 3720. The number of hydrogen-bond acceptors (Lipinski definition) is 2. The molecule has 4 heterocycles. The van der Waals surface area contributed by atoms with E-state index in [9.17, 15) is 2.74 Å². The van der Waals surface area contributed by atoms with Crippen molar-refractivity contribution in [3.63, 3.8) is 0 Å². The van der Waals surface area contributed by atoms with Gasteiger partial charge in [-0.25, -0.2) is 9.97 Å². The number of aryl methyl sites for hydroxylation is 1. The first-order valence-corrected chi connectivity index (χ1v) is 20.7. The lowest BCUT2D eigenvalue weighted by molar-refractivity contribution is 1.07. The zero-order chi connectivity index (χ0) is 42.2. The minimum Gasteiger partial charge on any atom is -0.354 e. The molecule has 5 heteroatoms. The average Bonchev–Trinajstić information content (AvgIpc) is 4.02. The van der Waals surface area contributed by atoms with Crippen molar-refractivity contribution in [1.82, 2.24) is 24.1 Å². The van der Waals surface area contributed by atoms with Crippen molar-refractivity contribution >= 4 is 54.6 Å². The fraction of sp³-hybridized carbons (Fsp3) is 0.0357. The van der Waals surface area contributed by atoms with E-state index < -0.39 is 6.37 Å². The van der Waals surface area contributed by atoms with Gasteiger partial charge in [0.25, 0.3) is 0 Å². The molecule has 12 rings (SSSR count). The van der Waals surface area contributed by atoms with Crippen LogP contribution in [0.5, 0.6) is 0 Å². The molecular formula is C56H39N5. The van der Waals surface area contributed by atoms with Gasteiger partial charge in [-0.1, -0.05) is 140 Å². The largest absolute Gasteiger partial charge is 0.354 e. The van der Waals surface area contributed by atoms with Crippen LogP contribution in [0, 0.1) is 6.92 Å². The summed E-state index contributed by atoms with van der Waals surface area (Å²) in [5.74, 6) is 1.64. The molecule has 0 bridgehead atoms. The lowest BCUT2D eigenvalue weighted by atomic mass is 9.98. The number of fused-ring (bicyclic) bond motifs is 7. The second kappa shape index (κ2) is 14.1. The van der Waals surface area contributed by atoms with E-state index in [0.29, 0.717) is 11.1 Å². The highest BCUT2D eigenvalue weighted by Gasteiger charge is 2.22. The number of imidazole rings is 1. The van der Waals surface area contributed by atoms with Gasteiger partial charge in [-0.2, -0.15) is 0 Å². The standard InChI is InChI=1S/C56H39N5/c1-36-31-38(32-37-15-5-2-6-16-37)33-48-45-28-27-41(34-51(45)61(55(36)48)52-35-40(29-30-57-52)39-17-7-3-8-18-39)43-22-14-26-50-54(43)59-56(60(50)42-19-9-4-10-20-42)47-24-13-23-46-44-21-11-12-25-49(44)58-53(46)47/h2-31,33-35,58H,32H2,1H3/i32D2. The smallest absolute Gasteiger partial charge is 0.147 e. The van der Waals surface area contributed by atoms with Gasteiger partial charge in [-0.3, -0.25) is 9.13 Å². The molecule has 0 saturated carbocycles. The summed E-state index contributed by atoms with van der Waals surface area (Å²) in [5, 5.41) is 4.33. The third kappa shape index (κ3) is 5.77. The van der Waals surface area contributed by atoms with E-state index in [1.165, 1.54) is 5.39 Å². The van der Waals surface area contributed by atoms with Crippen LogP contribution in [0.3, 0.4) is 0 Å². The molecule has 0 radical (unpaired) electrons. The molecule has 12 aromatic rings. The Morgan fingerprint density at radius 1 is 0.525 bits per heavy atom.